The SMILES string of the molecule is CCCn1c(=O)n(C)c2cc(-c3cc(Oc4ccnc(C#N)c4)ccc3C#N)ccc21. The van der Waals surface area contributed by atoms with Crippen LogP contribution < -0.4 is 10.4 Å². The van der Waals surface area contributed by atoms with Gasteiger partial charge in [0.2, 0.25) is 0 Å². The molecule has 2 aromatic heterocycles. The molecule has 0 radical (unpaired) electrons. The van der Waals surface area contributed by atoms with E-state index in [0.717, 1.165) is 23.0 Å². The van der Waals surface area contributed by atoms with E-state index in [1.807, 2.05) is 31.2 Å². The number of fused-ring (bicyclic) bond motifs is 1. The summed E-state index contributed by atoms with van der Waals surface area (Å²) in [5, 5.41) is 18.6. The number of hydrogen-bond acceptors (Lipinski definition) is 5. The summed E-state index contributed by atoms with van der Waals surface area (Å²) in [4.78, 5) is 16.5. The van der Waals surface area contributed by atoms with Gasteiger partial charge in [0.05, 0.1) is 22.7 Å². The van der Waals surface area contributed by atoms with Gasteiger partial charge >= 0.3 is 5.69 Å². The van der Waals surface area contributed by atoms with E-state index in [0.29, 0.717) is 29.2 Å². The summed E-state index contributed by atoms with van der Waals surface area (Å²) in [6.45, 7) is 2.69. The third kappa shape index (κ3) is 3.65. The summed E-state index contributed by atoms with van der Waals surface area (Å²) in [7, 11) is 1.75. The first-order valence-electron chi connectivity index (χ1n) is 9.83. The Hall–Kier alpha value is -4.36. The molecule has 2 aromatic carbocycles. The van der Waals surface area contributed by atoms with E-state index in [1.165, 1.54) is 6.20 Å². The molecule has 0 aliphatic rings. The molecule has 0 saturated heterocycles. The lowest BCUT2D eigenvalue weighted by atomic mass is 9.99. The van der Waals surface area contributed by atoms with E-state index >= 15 is 0 Å². The Morgan fingerprint density at radius 2 is 1.81 bits per heavy atom. The van der Waals surface area contributed by atoms with Crippen molar-refractivity contribution >= 4 is 11.0 Å². The van der Waals surface area contributed by atoms with Crippen LogP contribution in [0.2, 0.25) is 0 Å². The largest absolute Gasteiger partial charge is 0.457 e. The molecule has 4 rings (SSSR count). The van der Waals surface area contributed by atoms with Crippen LogP contribution in [0.3, 0.4) is 0 Å². The molecule has 0 amide bonds. The summed E-state index contributed by atoms with van der Waals surface area (Å²) in [6.07, 6.45) is 2.37. The van der Waals surface area contributed by atoms with Gasteiger partial charge in [-0.2, -0.15) is 10.5 Å². The van der Waals surface area contributed by atoms with Gasteiger partial charge in [-0.15, -0.1) is 0 Å². The molecule has 0 fully saturated rings. The van der Waals surface area contributed by atoms with Crippen LogP contribution in [0.1, 0.15) is 24.6 Å². The Balaban J connectivity index is 1.80. The van der Waals surface area contributed by atoms with Crippen LogP contribution in [-0.2, 0) is 13.6 Å². The van der Waals surface area contributed by atoms with Crippen molar-refractivity contribution in [1.82, 2.24) is 14.1 Å². The number of hydrogen-bond donors (Lipinski definition) is 0. The van der Waals surface area contributed by atoms with E-state index in [9.17, 15) is 10.1 Å². The van der Waals surface area contributed by atoms with Crippen molar-refractivity contribution < 1.29 is 4.74 Å². The average molecular weight is 409 g/mol. The van der Waals surface area contributed by atoms with Crippen molar-refractivity contribution in [3.05, 3.63) is 76.5 Å². The number of nitriles is 2. The highest BCUT2D eigenvalue weighted by molar-refractivity contribution is 5.84. The van der Waals surface area contributed by atoms with Crippen molar-refractivity contribution in [3.63, 3.8) is 0 Å². The minimum atomic E-state index is -0.0578. The molecule has 4 aromatic rings. The summed E-state index contributed by atoms with van der Waals surface area (Å²) in [5.41, 5.74) is 3.88. The fourth-order valence-corrected chi connectivity index (χ4v) is 3.61. The van der Waals surface area contributed by atoms with Crippen molar-refractivity contribution in [1.29, 1.82) is 10.5 Å². The Bertz CT molecular complexity index is 1430. The predicted molar refractivity (Wildman–Crippen MR) is 117 cm³/mol. The quantitative estimate of drug-likeness (QED) is 0.488. The molecule has 0 saturated carbocycles. The molecule has 0 atom stereocenters. The first-order valence-corrected chi connectivity index (χ1v) is 9.83. The van der Waals surface area contributed by atoms with E-state index < -0.39 is 0 Å². The lowest BCUT2D eigenvalue weighted by Crippen LogP contribution is -2.21. The molecule has 7 heteroatoms. The summed E-state index contributed by atoms with van der Waals surface area (Å²) < 4.78 is 9.28. The summed E-state index contributed by atoms with van der Waals surface area (Å²) in [5.74, 6) is 1.01. The highest BCUT2D eigenvalue weighted by Crippen LogP contribution is 2.32. The fourth-order valence-electron chi connectivity index (χ4n) is 3.61. The Labute approximate surface area is 179 Å². The van der Waals surface area contributed by atoms with E-state index in [4.69, 9.17) is 10.00 Å². The third-order valence-electron chi connectivity index (χ3n) is 5.10. The molecule has 0 bridgehead atoms. The molecular weight excluding hydrogens is 390 g/mol. The van der Waals surface area contributed by atoms with E-state index in [-0.39, 0.29) is 11.4 Å². The molecule has 0 unspecified atom stereocenters. The van der Waals surface area contributed by atoms with Crippen LogP contribution in [0.15, 0.2) is 59.5 Å². The molecule has 7 nitrogen and oxygen atoms in total. The molecule has 152 valence electrons. The number of ether oxygens (including phenoxy) is 1. The smallest absolute Gasteiger partial charge is 0.328 e. The standard InChI is InChI=1S/C24H19N5O2/c1-3-10-29-22-7-5-16(11-23(22)28(2)24(29)30)21-13-19(6-4-17(21)14-25)31-20-8-9-27-18(12-20)15-26/h4-9,11-13H,3,10H2,1-2H3. The fraction of sp³-hybridized carbons (Fsp3) is 0.167. The number of benzene rings is 2. The minimum Gasteiger partial charge on any atom is -0.457 e. The number of pyridine rings is 1. The van der Waals surface area contributed by atoms with Crippen molar-refractivity contribution in [3.8, 4) is 34.8 Å². The number of aryl methyl sites for hydroxylation is 2. The van der Waals surface area contributed by atoms with Gasteiger partial charge in [-0.1, -0.05) is 13.0 Å². The van der Waals surface area contributed by atoms with Gasteiger partial charge in [0.25, 0.3) is 0 Å². The van der Waals surface area contributed by atoms with Crippen molar-refractivity contribution in [2.24, 2.45) is 7.05 Å². The second kappa shape index (κ2) is 8.17. The maximum atomic E-state index is 12.6. The number of imidazole rings is 1. The van der Waals surface area contributed by atoms with E-state index in [2.05, 4.69) is 11.1 Å². The molecule has 2 heterocycles. The Morgan fingerprint density at radius 3 is 2.55 bits per heavy atom. The molecule has 0 aliphatic carbocycles. The van der Waals surface area contributed by atoms with Crippen molar-refractivity contribution in [2.75, 3.05) is 0 Å². The lowest BCUT2D eigenvalue weighted by molar-refractivity contribution is 0.482. The molecule has 0 N–H and O–H groups in total. The average Bonchev–Trinajstić information content (AvgIpc) is 3.04. The molecule has 0 spiro atoms. The van der Waals surface area contributed by atoms with Gasteiger partial charge in [-0.3, -0.25) is 9.13 Å². The molecule has 0 aliphatic heterocycles. The second-order valence-electron chi connectivity index (χ2n) is 7.11. The van der Waals surface area contributed by atoms with Crippen LogP contribution in [-0.4, -0.2) is 14.1 Å². The zero-order valence-corrected chi connectivity index (χ0v) is 17.2. The van der Waals surface area contributed by atoms with Gasteiger partial charge in [-0.05, 0) is 48.4 Å². The van der Waals surface area contributed by atoms with Gasteiger partial charge in [0.15, 0.2) is 0 Å². The zero-order chi connectivity index (χ0) is 22.0. The van der Waals surface area contributed by atoms with Gasteiger partial charge in [0, 0.05) is 31.4 Å². The maximum absolute atomic E-state index is 12.6. The highest BCUT2D eigenvalue weighted by Gasteiger charge is 2.14. The van der Waals surface area contributed by atoms with Gasteiger partial charge in [0.1, 0.15) is 23.3 Å². The van der Waals surface area contributed by atoms with Crippen LogP contribution in [0.25, 0.3) is 22.2 Å². The summed E-state index contributed by atoms with van der Waals surface area (Å²) in [6, 6.07) is 18.4. The van der Waals surface area contributed by atoms with E-state index in [1.54, 1.807) is 46.5 Å². The first kappa shape index (κ1) is 19.9. The number of aromatic nitrogens is 3. The predicted octanol–water partition coefficient (Wildman–Crippen LogP) is 4.35. The third-order valence-corrected chi connectivity index (χ3v) is 5.10. The van der Waals surface area contributed by atoms with Crippen LogP contribution in [0.5, 0.6) is 11.5 Å². The van der Waals surface area contributed by atoms with Crippen molar-refractivity contribution in [2.45, 2.75) is 19.9 Å². The Morgan fingerprint density at radius 1 is 1.00 bits per heavy atom. The van der Waals surface area contributed by atoms with Crippen LogP contribution in [0.4, 0.5) is 0 Å². The molecule has 31 heavy (non-hydrogen) atoms. The normalized spacial score (nSPS) is 10.6. The topological polar surface area (TPSA) is 96.6 Å². The van der Waals surface area contributed by atoms with Gasteiger partial charge < -0.3 is 4.74 Å². The second-order valence-corrected chi connectivity index (χ2v) is 7.11. The number of nitrogens with zero attached hydrogens (tertiary/aromatic N) is 5. The molecular formula is C24H19N5O2. The Kier molecular flexibility index (Phi) is 5.26. The first-order chi connectivity index (χ1) is 15.0. The lowest BCUT2D eigenvalue weighted by Gasteiger charge is -2.10. The number of rotatable bonds is 5. The van der Waals surface area contributed by atoms with Gasteiger partial charge in [-0.25, -0.2) is 9.78 Å². The monoisotopic (exact) mass is 409 g/mol. The minimum absolute atomic E-state index is 0.0578. The van der Waals surface area contributed by atoms with Crippen LogP contribution >= 0.6 is 0 Å². The maximum Gasteiger partial charge on any atom is 0.328 e. The van der Waals surface area contributed by atoms with Crippen LogP contribution in [0, 0.1) is 22.7 Å². The highest BCUT2D eigenvalue weighted by atomic mass is 16.5. The zero-order valence-electron chi connectivity index (χ0n) is 17.2. The summed E-state index contributed by atoms with van der Waals surface area (Å²) >= 11 is 0.